The van der Waals surface area contributed by atoms with Crippen LogP contribution in [0.25, 0.3) is 11.3 Å². The van der Waals surface area contributed by atoms with Gasteiger partial charge < -0.3 is 18.8 Å². The van der Waals surface area contributed by atoms with Crippen LogP contribution >= 0.6 is 0 Å². The van der Waals surface area contributed by atoms with Crippen LogP contribution < -0.4 is 0 Å². The molecule has 0 radical (unpaired) electrons. The van der Waals surface area contributed by atoms with Crippen molar-refractivity contribution in [2.45, 2.75) is 45.3 Å². The summed E-state index contributed by atoms with van der Waals surface area (Å²) in [5.74, 6) is 0.753. The van der Waals surface area contributed by atoms with Crippen molar-refractivity contribution in [2.75, 3.05) is 20.2 Å². The van der Waals surface area contributed by atoms with Crippen molar-refractivity contribution in [3.05, 3.63) is 41.9 Å². The molecule has 6 nitrogen and oxygen atoms in total. The fourth-order valence-electron chi connectivity index (χ4n) is 3.14. The maximum absolute atomic E-state index is 12.3. The fourth-order valence-corrected chi connectivity index (χ4v) is 3.14. The molecule has 1 aromatic heterocycles. The molecule has 0 unspecified atom stereocenters. The average Bonchev–Trinajstić information content (AvgIpc) is 3.02. The lowest BCUT2D eigenvalue weighted by molar-refractivity contribution is 0.00410. The number of oxazole rings is 1. The summed E-state index contributed by atoms with van der Waals surface area (Å²) < 4.78 is 17.0. The minimum absolute atomic E-state index is 0.201. The highest BCUT2D eigenvalue weighted by molar-refractivity contribution is 5.68. The van der Waals surface area contributed by atoms with Crippen molar-refractivity contribution in [3.8, 4) is 11.3 Å². The second kappa shape index (κ2) is 7.50. The Labute approximate surface area is 154 Å². The predicted octanol–water partition coefficient (Wildman–Crippen LogP) is 4.21. The zero-order valence-electron chi connectivity index (χ0n) is 15.8. The molecule has 0 saturated carbocycles. The number of nitrogens with zero attached hydrogens (tertiary/aromatic N) is 2. The molecular weight excluding hydrogens is 332 g/mol. The van der Waals surface area contributed by atoms with E-state index >= 15 is 0 Å². The Hall–Kier alpha value is -2.34. The number of fused-ring (bicyclic) bond motifs is 1. The number of rotatable bonds is 3. The van der Waals surface area contributed by atoms with Crippen LogP contribution in [0.4, 0.5) is 4.79 Å². The second-order valence-electron chi connectivity index (χ2n) is 7.56. The predicted molar refractivity (Wildman–Crippen MR) is 97.8 cm³/mol. The normalized spacial score (nSPS) is 17.3. The van der Waals surface area contributed by atoms with Crippen LogP contribution in [-0.2, 0) is 15.9 Å². The molecule has 0 spiro atoms. The molecule has 0 N–H and O–H groups in total. The Kier molecular flexibility index (Phi) is 5.32. The van der Waals surface area contributed by atoms with E-state index in [2.05, 4.69) is 11.1 Å². The standard InChI is InChI=1S/C20H26N2O4/c1-20(2,3)26-19(23)22(4)12-18-16-8-5-7-15(17-11-21-13-25-17)14(16)9-6-10-24-18/h5,7-8,11,13,18H,6,9-10,12H2,1-4H3/t18-/m0/s1. The van der Waals surface area contributed by atoms with Gasteiger partial charge in [0.2, 0.25) is 0 Å². The first kappa shape index (κ1) is 18.5. The van der Waals surface area contributed by atoms with Gasteiger partial charge in [-0.3, -0.25) is 0 Å². The Morgan fingerprint density at radius 2 is 2.19 bits per heavy atom. The quantitative estimate of drug-likeness (QED) is 0.822. The monoisotopic (exact) mass is 358 g/mol. The lowest BCUT2D eigenvalue weighted by Gasteiger charge is -2.28. The zero-order chi connectivity index (χ0) is 18.7. The van der Waals surface area contributed by atoms with Crippen molar-refractivity contribution in [1.29, 1.82) is 0 Å². The van der Waals surface area contributed by atoms with Crippen molar-refractivity contribution >= 4 is 6.09 Å². The highest BCUT2D eigenvalue weighted by atomic mass is 16.6. The van der Waals surface area contributed by atoms with Gasteiger partial charge in [0.15, 0.2) is 12.2 Å². The van der Waals surface area contributed by atoms with Crippen molar-refractivity contribution in [2.24, 2.45) is 0 Å². The van der Waals surface area contributed by atoms with E-state index in [9.17, 15) is 4.79 Å². The Morgan fingerprint density at radius 1 is 1.38 bits per heavy atom. The van der Waals surface area contributed by atoms with Crippen LogP contribution in [0.2, 0.25) is 0 Å². The van der Waals surface area contributed by atoms with E-state index in [0.717, 1.165) is 29.7 Å². The average molecular weight is 358 g/mol. The van der Waals surface area contributed by atoms with E-state index in [1.54, 1.807) is 18.1 Å². The second-order valence-corrected chi connectivity index (χ2v) is 7.56. The molecule has 1 aromatic carbocycles. The van der Waals surface area contributed by atoms with Crippen molar-refractivity contribution < 1.29 is 18.7 Å². The molecule has 140 valence electrons. The number of amides is 1. The molecule has 1 atom stereocenters. The third-order valence-electron chi connectivity index (χ3n) is 4.29. The van der Waals surface area contributed by atoms with E-state index in [-0.39, 0.29) is 12.2 Å². The van der Waals surface area contributed by atoms with E-state index in [4.69, 9.17) is 13.9 Å². The summed E-state index contributed by atoms with van der Waals surface area (Å²) in [6, 6.07) is 6.10. The molecule has 1 aliphatic rings. The minimum Gasteiger partial charge on any atom is -0.444 e. The molecule has 6 heteroatoms. The third kappa shape index (κ3) is 4.25. The minimum atomic E-state index is -0.521. The zero-order valence-corrected chi connectivity index (χ0v) is 15.8. The molecule has 2 aromatic rings. The molecule has 0 bridgehead atoms. The number of ether oxygens (including phenoxy) is 2. The van der Waals surface area contributed by atoms with E-state index < -0.39 is 5.60 Å². The first-order chi connectivity index (χ1) is 12.3. The lowest BCUT2D eigenvalue weighted by Crippen LogP contribution is -2.37. The summed E-state index contributed by atoms with van der Waals surface area (Å²) in [4.78, 5) is 17.9. The maximum atomic E-state index is 12.3. The molecule has 3 rings (SSSR count). The lowest BCUT2D eigenvalue weighted by atomic mass is 9.93. The van der Waals surface area contributed by atoms with E-state index in [1.165, 1.54) is 12.0 Å². The van der Waals surface area contributed by atoms with Gasteiger partial charge in [-0.2, -0.15) is 0 Å². The fraction of sp³-hybridized carbons (Fsp3) is 0.500. The highest BCUT2D eigenvalue weighted by Gasteiger charge is 2.27. The molecule has 26 heavy (non-hydrogen) atoms. The largest absolute Gasteiger partial charge is 0.444 e. The molecular formula is C20H26N2O4. The Bertz CT molecular complexity index is 750. The number of carbonyl (C=O) groups excluding carboxylic acids is 1. The van der Waals surface area contributed by atoms with Crippen LogP contribution in [0.3, 0.4) is 0 Å². The summed E-state index contributed by atoms with van der Waals surface area (Å²) in [5, 5.41) is 0. The van der Waals surface area contributed by atoms with Crippen LogP contribution in [0, 0.1) is 0 Å². The first-order valence-electron chi connectivity index (χ1n) is 8.91. The Balaban J connectivity index is 1.85. The topological polar surface area (TPSA) is 64.8 Å². The third-order valence-corrected chi connectivity index (χ3v) is 4.29. The molecule has 1 aliphatic heterocycles. The molecule has 0 saturated heterocycles. The summed E-state index contributed by atoms with van der Waals surface area (Å²) in [6.45, 7) is 6.67. The van der Waals surface area contributed by atoms with Gasteiger partial charge in [0, 0.05) is 19.2 Å². The molecule has 0 fully saturated rings. The summed E-state index contributed by atoms with van der Waals surface area (Å²) in [6.07, 6.45) is 4.44. The smallest absolute Gasteiger partial charge is 0.410 e. The van der Waals surface area contributed by atoms with Gasteiger partial charge in [-0.25, -0.2) is 9.78 Å². The summed E-state index contributed by atoms with van der Waals surface area (Å²) in [7, 11) is 1.74. The molecule has 1 amide bonds. The molecule has 0 aliphatic carbocycles. The number of hydrogen-bond acceptors (Lipinski definition) is 5. The Morgan fingerprint density at radius 3 is 2.88 bits per heavy atom. The van der Waals surface area contributed by atoms with Gasteiger partial charge in [0.25, 0.3) is 0 Å². The van der Waals surface area contributed by atoms with Gasteiger partial charge in [-0.05, 0) is 44.7 Å². The van der Waals surface area contributed by atoms with Gasteiger partial charge in [0.1, 0.15) is 11.7 Å². The van der Waals surface area contributed by atoms with Crippen LogP contribution in [0.5, 0.6) is 0 Å². The summed E-state index contributed by atoms with van der Waals surface area (Å²) in [5.41, 5.74) is 2.80. The van der Waals surface area contributed by atoms with E-state index in [1.807, 2.05) is 32.9 Å². The number of aromatic nitrogens is 1. The maximum Gasteiger partial charge on any atom is 0.410 e. The van der Waals surface area contributed by atoms with Gasteiger partial charge in [-0.1, -0.05) is 18.2 Å². The number of hydrogen-bond donors (Lipinski definition) is 0. The van der Waals surface area contributed by atoms with Crippen molar-refractivity contribution in [3.63, 3.8) is 0 Å². The number of likely N-dealkylation sites (N-methyl/N-ethyl adjacent to an activating group) is 1. The number of benzene rings is 1. The van der Waals surface area contributed by atoms with E-state index in [0.29, 0.717) is 13.2 Å². The van der Waals surface area contributed by atoms with Gasteiger partial charge in [0.05, 0.1) is 12.7 Å². The van der Waals surface area contributed by atoms with Gasteiger partial charge in [-0.15, -0.1) is 0 Å². The number of carbonyl (C=O) groups is 1. The highest BCUT2D eigenvalue weighted by Crippen LogP contribution is 2.34. The van der Waals surface area contributed by atoms with Crippen LogP contribution in [0.1, 0.15) is 44.4 Å². The van der Waals surface area contributed by atoms with Crippen molar-refractivity contribution in [1.82, 2.24) is 9.88 Å². The first-order valence-corrected chi connectivity index (χ1v) is 8.91. The molecule has 2 heterocycles. The van der Waals surface area contributed by atoms with Crippen LogP contribution in [0.15, 0.2) is 35.2 Å². The summed E-state index contributed by atoms with van der Waals surface area (Å²) >= 11 is 0. The SMILES string of the molecule is CN(C[C@@H]1OCCCc2c(-c3cnco3)cccc21)C(=O)OC(C)(C)C. The van der Waals surface area contributed by atoms with Crippen LogP contribution in [-0.4, -0.2) is 41.8 Å². The van der Waals surface area contributed by atoms with Gasteiger partial charge >= 0.3 is 6.09 Å².